The van der Waals surface area contributed by atoms with E-state index in [1.165, 1.54) is 0 Å². The standard InChI is InChI=1S/C4H8BNO2/c5-3(6)1-2-4(7)8/h3H,1-2,6H2,(H,7,8)/t3-/m0/s1. The third-order valence-corrected chi connectivity index (χ3v) is 0.692. The van der Waals surface area contributed by atoms with Crippen LogP contribution in [0.3, 0.4) is 0 Å². The highest BCUT2D eigenvalue weighted by Crippen LogP contribution is 1.88. The van der Waals surface area contributed by atoms with E-state index in [9.17, 15) is 4.79 Å². The van der Waals surface area contributed by atoms with E-state index in [-0.39, 0.29) is 6.42 Å². The smallest absolute Gasteiger partial charge is 0.303 e. The van der Waals surface area contributed by atoms with Crippen molar-refractivity contribution in [3.05, 3.63) is 0 Å². The van der Waals surface area contributed by atoms with Crippen molar-refractivity contribution in [3.63, 3.8) is 0 Å². The van der Waals surface area contributed by atoms with Crippen LogP contribution < -0.4 is 5.73 Å². The molecule has 3 nitrogen and oxygen atoms in total. The number of hydrogen-bond donors (Lipinski definition) is 2. The molecule has 8 heavy (non-hydrogen) atoms. The molecule has 0 unspecified atom stereocenters. The van der Waals surface area contributed by atoms with Crippen LogP contribution in [0.5, 0.6) is 0 Å². The summed E-state index contributed by atoms with van der Waals surface area (Å²) >= 11 is 0. The van der Waals surface area contributed by atoms with Crippen LogP contribution in [0.2, 0.25) is 0 Å². The summed E-state index contributed by atoms with van der Waals surface area (Å²) in [6.45, 7) is 0. The van der Waals surface area contributed by atoms with E-state index < -0.39 is 11.9 Å². The van der Waals surface area contributed by atoms with Gasteiger partial charge in [-0.15, -0.1) is 0 Å². The molecule has 0 aliphatic rings. The SMILES string of the molecule is [B][C@@H](N)CCC(=O)O. The van der Waals surface area contributed by atoms with Gasteiger partial charge in [0.1, 0.15) is 0 Å². The molecule has 0 heterocycles. The Morgan fingerprint density at radius 2 is 2.38 bits per heavy atom. The summed E-state index contributed by atoms with van der Waals surface area (Å²) in [5, 5.41) is 8.05. The molecule has 1 atom stereocenters. The van der Waals surface area contributed by atoms with E-state index in [0.29, 0.717) is 6.42 Å². The zero-order valence-electron chi connectivity index (χ0n) is 4.50. The molecule has 3 N–H and O–H groups in total. The second-order valence-corrected chi connectivity index (χ2v) is 1.60. The number of nitrogens with two attached hydrogens (primary N) is 1. The molecule has 0 aliphatic heterocycles. The van der Waals surface area contributed by atoms with Crippen molar-refractivity contribution in [1.29, 1.82) is 0 Å². The van der Waals surface area contributed by atoms with Crippen molar-refractivity contribution in [1.82, 2.24) is 0 Å². The molecule has 0 saturated carbocycles. The van der Waals surface area contributed by atoms with Crippen molar-refractivity contribution < 1.29 is 9.90 Å². The largest absolute Gasteiger partial charge is 0.481 e. The van der Waals surface area contributed by atoms with Crippen molar-refractivity contribution in [2.24, 2.45) is 5.73 Å². The van der Waals surface area contributed by atoms with E-state index in [1.54, 1.807) is 0 Å². The zero-order chi connectivity index (χ0) is 6.57. The average molecular weight is 113 g/mol. The van der Waals surface area contributed by atoms with Gasteiger partial charge in [-0.25, -0.2) is 0 Å². The fourth-order valence-electron chi connectivity index (χ4n) is 0.290. The molecule has 0 aromatic carbocycles. The van der Waals surface area contributed by atoms with Gasteiger partial charge in [0.25, 0.3) is 0 Å². The minimum absolute atomic E-state index is 0.0532. The summed E-state index contributed by atoms with van der Waals surface area (Å²) < 4.78 is 0. The third kappa shape index (κ3) is 5.49. The molecular formula is C4H8BNO2. The first-order chi connectivity index (χ1) is 3.63. The molecule has 0 rings (SSSR count). The van der Waals surface area contributed by atoms with Crippen LogP contribution >= 0.6 is 0 Å². The molecule has 0 fully saturated rings. The van der Waals surface area contributed by atoms with Gasteiger partial charge in [0.2, 0.25) is 0 Å². The van der Waals surface area contributed by atoms with Gasteiger partial charge in [-0.2, -0.15) is 0 Å². The molecule has 0 amide bonds. The topological polar surface area (TPSA) is 63.3 Å². The predicted octanol–water partition coefficient (Wildman–Crippen LogP) is -0.696. The maximum Gasteiger partial charge on any atom is 0.303 e. The summed E-state index contributed by atoms with van der Waals surface area (Å²) in [4.78, 5) is 9.79. The highest BCUT2D eigenvalue weighted by atomic mass is 16.4. The Morgan fingerprint density at radius 3 is 2.50 bits per heavy atom. The van der Waals surface area contributed by atoms with Crippen LogP contribution in [0.25, 0.3) is 0 Å². The minimum atomic E-state index is -0.856. The molecule has 0 aliphatic carbocycles. The lowest BCUT2D eigenvalue weighted by Crippen LogP contribution is -2.20. The second kappa shape index (κ2) is 3.49. The number of hydrogen-bond acceptors (Lipinski definition) is 2. The average Bonchev–Trinajstić information content (AvgIpc) is 1.61. The van der Waals surface area contributed by atoms with Crippen LogP contribution in [0, 0.1) is 0 Å². The van der Waals surface area contributed by atoms with Gasteiger partial charge in [0.05, 0.1) is 7.85 Å². The van der Waals surface area contributed by atoms with Crippen LogP contribution in [0.1, 0.15) is 12.8 Å². The number of carboxylic acids is 1. The highest BCUT2D eigenvalue weighted by molar-refractivity contribution is 6.11. The summed E-state index contributed by atoms with van der Waals surface area (Å²) in [6.07, 6.45) is 0.396. The number of rotatable bonds is 3. The molecule has 0 saturated heterocycles. The molecule has 2 radical (unpaired) electrons. The quantitative estimate of drug-likeness (QED) is 0.476. The summed E-state index contributed by atoms with van der Waals surface area (Å²) in [5.74, 6) is -1.35. The van der Waals surface area contributed by atoms with Gasteiger partial charge in [-0.3, -0.25) is 4.79 Å². The molecule has 4 heteroatoms. The van der Waals surface area contributed by atoms with Crippen molar-refractivity contribution in [2.75, 3.05) is 0 Å². The summed E-state index contributed by atoms with van der Waals surface area (Å²) in [6, 6.07) is 0. The number of carbonyl (C=O) groups is 1. The first kappa shape index (κ1) is 7.49. The number of carboxylic acid groups (broad SMARTS) is 1. The van der Waals surface area contributed by atoms with Gasteiger partial charge in [0.15, 0.2) is 0 Å². The van der Waals surface area contributed by atoms with Gasteiger partial charge >= 0.3 is 5.97 Å². The van der Waals surface area contributed by atoms with Gasteiger partial charge in [-0.05, 0) is 12.4 Å². The van der Waals surface area contributed by atoms with Gasteiger partial charge < -0.3 is 10.8 Å². The van der Waals surface area contributed by atoms with E-state index >= 15 is 0 Å². The van der Waals surface area contributed by atoms with E-state index in [2.05, 4.69) is 0 Å². The van der Waals surface area contributed by atoms with Crippen LogP contribution in [-0.2, 0) is 4.79 Å². The van der Waals surface area contributed by atoms with Gasteiger partial charge in [0, 0.05) is 6.42 Å². The van der Waals surface area contributed by atoms with Crippen LogP contribution in [-0.4, -0.2) is 24.9 Å². The molecule has 0 spiro atoms. The maximum atomic E-state index is 9.79. The van der Waals surface area contributed by atoms with E-state index in [0.717, 1.165) is 0 Å². The van der Waals surface area contributed by atoms with Crippen LogP contribution in [0.4, 0.5) is 0 Å². The Morgan fingerprint density at radius 1 is 1.88 bits per heavy atom. The van der Waals surface area contributed by atoms with Crippen molar-refractivity contribution >= 4 is 13.8 Å². The second-order valence-electron chi connectivity index (χ2n) is 1.60. The Hall–Kier alpha value is -0.505. The third-order valence-electron chi connectivity index (χ3n) is 0.692. The maximum absolute atomic E-state index is 9.79. The fraction of sp³-hybridized carbons (Fsp3) is 0.750. The first-order valence-electron chi connectivity index (χ1n) is 2.36. The van der Waals surface area contributed by atoms with E-state index in [1.807, 2.05) is 0 Å². The van der Waals surface area contributed by atoms with E-state index in [4.69, 9.17) is 18.7 Å². The Labute approximate surface area is 49.3 Å². The highest BCUT2D eigenvalue weighted by Gasteiger charge is 1.97. The van der Waals surface area contributed by atoms with Crippen LogP contribution in [0.15, 0.2) is 0 Å². The van der Waals surface area contributed by atoms with Gasteiger partial charge in [-0.1, -0.05) is 0 Å². The fourth-order valence-corrected chi connectivity index (χ4v) is 0.290. The lowest BCUT2D eigenvalue weighted by Gasteiger charge is -1.98. The molecule has 0 aromatic rings. The minimum Gasteiger partial charge on any atom is -0.481 e. The Kier molecular flexibility index (Phi) is 3.27. The Balaban J connectivity index is 3.05. The predicted molar refractivity (Wildman–Crippen MR) is 30.6 cm³/mol. The number of aliphatic carboxylic acids is 1. The monoisotopic (exact) mass is 113 g/mol. The lowest BCUT2D eigenvalue weighted by atomic mass is 9.93. The Bertz CT molecular complexity index is 84.1. The van der Waals surface area contributed by atoms with Crippen molar-refractivity contribution in [2.45, 2.75) is 18.8 Å². The first-order valence-corrected chi connectivity index (χ1v) is 2.36. The molecule has 44 valence electrons. The molecular weight excluding hydrogens is 105 g/mol. The molecule has 0 aromatic heterocycles. The molecule has 0 bridgehead atoms. The zero-order valence-corrected chi connectivity index (χ0v) is 4.50. The lowest BCUT2D eigenvalue weighted by molar-refractivity contribution is -0.137. The van der Waals surface area contributed by atoms with Crippen molar-refractivity contribution in [3.8, 4) is 0 Å². The summed E-state index contributed by atoms with van der Waals surface area (Å²) in [7, 11) is 5.06. The summed E-state index contributed by atoms with van der Waals surface area (Å²) in [5.41, 5.74) is 5.06. The normalized spacial score (nSPS) is 13.1.